The van der Waals surface area contributed by atoms with Gasteiger partial charge < -0.3 is 9.52 Å². The van der Waals surface area contributed by atoms with E-state index < -0.39 is 16.8 Å². The van der Waals surface area contributed by atoms with Gasteiger partial charge in [0.1, 0.15) is 17.1 Å². The van der Waals surface area contributed by atoms with Gasteiger partial charge in [-0.05, 0) is 31.2 Å². The molecule has 0 bridgehead atoms. The van der Waals surface area contributed by atoms with Gasteiger partial charge in [0.25, 0.3) is 0 Å². The van der Waals surface area contributed by atoms with E-state index >= 15 is 0 Å². The van der Waals surface area contributed by atoms with Crippen LogP contribution >= 0.6 is 15.9 Å². The van der Waals surface area contributed by atoms with Crippen molar-refractivity contribution in [2.75, 3.05) is 0 Å². The molecule has 1 aromatic heterocycles. The summed E-state index contributed by atoms with van der Waals surface area (Å²) >= 11 is 3.32. The number of carboxylic acid groups (broad SMARTS) is 1. The van der Waals surface area contributed by atoms with Gasteiger partial charge in [-0.25, -0.2) is 4.79 Å². The van der Waals surface area contributed by atoms with Gasteiger partial charge in [0, 0.05) is 9.37 Å². The van der Waals surface area contributed by atoms with E-state index in [0.29, 0.717) is 16.4 Å². The summed E-state index contributed by atoms with van der Waals surface area (Å²) in [7, 11) is -1.27. The zero-order valence-electron chi connectivity index (χ0n) is 10.1. The molecule has 1 unspecified atom stereocenters. The molecule has 0 spiro atoms. The normalized spacial score (nSPS) is 12.3. The molecule has 0 amide bonds. The fourth-order valence-electron chi connectivity index (χ4n) is 1.65. The third-order valence-corrected chi connectivity index (χ3v) is 4.35. The zero-order valence-corrected chi connectivity index (χ0v) is 12.5. The van der Waals surface area contributed by atoms with E-state index in [2.05, 4.69) is 15.9 Å². The molecular formula is C13H11BrO4S. The highest BCUT2D eigenvalue weighted by molar-refractivity contribution is 9.10. The maximum absolute atomic E-state index is 12.1. The number of aryl methyl sites for hydroxylation is 1. The molecule has 2 aromatic rings. The monoisotopic (exact) mass is 342 g/mol. The number of carbonyl (C=O) groups is 1. The lowest BCUT2D eigenvalue weighted by Crippen LogP contribution is -1.96. The maximum Gasteiger partial charge on any atom is 0.339 e. The molecule has 19 heavy (non-hydrogen) atoms. The standard InChI is InChI=1S/C13H11BrO4S/c1-8-12(13(15)16)6-10(18-8)7-19(17)11-4-2-3-9(14)5-11/h2-6H,7H2,1H3,(H,15,16). The minimum atomic E-state index is -1.27. The molecule has 0 aliphatic rings. The van der Waals surface area contributed by atoms with Crippen LogP contribution < -0.4 is 0 Å². The second kappa shape index (κ2) is 5.71. The van der Waals surface area contributed by atoms with Crippen LogP contribution in [0.1, 0.15) is 21.9 Å². The summed E-state index contributed by atoms with van der Waals surface area (Å²) in [5, 5.41) is 8.92. The first-order chi connectivity index (χ1) is 8.97. The first kappa shape index (κ1) is 14.0. The van der Waals surface area contributed by atoms with Crippen LogP contribution in [-0.2, 0) is 16.6 Å². The minimum absolute atomic E-state index is 0.112. The van der Waals surface area contributed by atoms with Crippen molar-refractivity contribution < 1.29 is 18.5 Å². The summed E-state index contributed by atoms with van der Waals surface area (Å²) in [4.78, 5) is 11.6. The van der Waals surface area contributed by atoms with E-state index in [9.17, 15) is 9.00 Å². The molecule has 0 aliphatic carbocycles. The molecule has 1 heterocycles. The number of hydrogen-bond donors (Lipinski definition) is 1. The average molecular weight is 343 g/mol. The van der Waals surface area contributed by atoms with Crippen molar-refractivity contribution in [2.45, 2.75) is 17.6 Å². The fourth-order valence-corrected chi connectivity index (χ4v) is 3.26. The number of rotatable bonds is 4. The van der Waals surface area contributed by atoms with Crippen molar-refractivity contribution in [3.63, 3.8) is 0 Å². The zero-order chi connectivity index (χ0) is 14.0. The molecule has 0 radical (unpaired) electrons. The van der Waals surface area contributed by atoms with Gasteiger partial charge in [-0.2, -0.15) is 0 Å². The molecule has 1 aromatic carbocycles. The van der Waals surface area contributed by atoms with Gasteiger partial charge in [0.15, 0.2) is 0 Å². The van der Waals surface area contributed by atoms with Crippen LogP contribution in [0.4, 0.5) is 0 Å². The molecule has 4 nitrogen and oxygen atoms in total. The van der Waals surface area contributed by atoms with Crippen LogP contribution in [0.15, 0.2) is 44.1 Å². The molecule has 6 heteroatoms. The summed E-state index contributed by atoms with van der Waals surface area (Å²) < 4.78 is 18.3. The maximum atomic E-state index is 12.1. The molecule has 2 rings (SSSR count). The number of carboxylic acids is 1. The molecule has 1 atom stereocenters. The predicted octanol–water partition coefficient (Wildman–Crippen LogP) is 3.36. The lowest BCUT2D eigenvalue weighted by Gasteiger charge is -2.00. The van der Waals surface area contributed by atoms with Crippen molar-refractivity contribution in [1.82, 2.24) is 0 Å². The molecular weight excluding hydrogens is 332 g/mol. The summed E-state index contributed by atoms with van der Waals surface area (Å²) in [6.07, 6.45) is 0. The number of hydrogen-bond acceptors (Lipinski definition) is 3. The Labute approximate surface area is 121 Å². The van der Waals surface area contributed by atoms with Crippen LogP contribution in [-0.4, -0.2) is 15.3 Å². The molecule has 0 saturated heterocycles. The van der Waals surface area contributed by atoms with Gasteiger partial charge >= 0.3 is 5.97 Å². The average Bonchev–Trinajstić information content (AvgIpc) is 2.70. The van der Waals surface area contributed by atoms with Gasteiger partial charge in [-0.15, -0.1) is 0 Å². The summed E-state index contributed by atoms with van der Waals surface area (Å²) in [6, 6.07) is 8.60. The molecule has 1 N–H and O–H groups in total. The predicted molar refractivity (Wildman–Crippen MR) is 74.7 cm³/mol. The van der Waals surface area contributed by atoms with Crippen molar-refractivity contribution in [3.05, 3.63) is 51.9 Å². The van der Waals surface area contributed by atoms with E-state index in [0.717, 1.165) is 4.47 Å². The van der Waals surface area contributed by atoms with E-state index in [1.54, 1.807) is 25.1 Å². The molecule has 0 saturated carbocycles. The van der Waals surface area contributed by atoms with Crippen molar-refractivity contribution in [1.29, 1.82) is 0 Å². The van der Waals surface area contributed by atoms with Gasteiger partial charge in [0.05, 0.1) is 16.6 Å². The van der Waals surface area contributed by atoms with E-state index in [1.807, 2.05) is 6.07 Å². The largest absolute Gasteiger partial charge is 0.478 e. The van der Waals surface area contributed by atoms with E-state index in [-0.39, 0.29) is 11.3 Å². The molecule has 0 aliphatic heterocycles. The Morgan fingerprint density at radius 2 is 2.16 bits per heavy atom. The SMILES string of the molecule is Cc1oc(CS(=O)c2cccc(Br)c2)cc1C(=O)O. The highest BCUT2D eigenvalue weighted by Crippen LogP contribution is 2.20. The fraction of sp³-hybridized carbons (Fsp3) is 0.154. The second-order valence-electron chi connectivity index (χ2n) is 3.93. The van der Waals surface area contributed by atoms with Crippen molar-refractivity contribution in [2.24, 2.45) is 0 Å². The number of benzene rings is 1. The van der Waals surface area contributed by atoms with Gasteiger partial charge in [-0.1, -0.05) is 22.0 Å². The van der Waals surface area contributed by atoms with Crippen LogP contribution in [0.3, 0.4) is 0 Å². The van der Waals surface area contributed by atoms with Crippen molar-refractivity contribution in [3.8, 4) is 0 Å². The number of halogens is 1. The highest BCUT2D eigenvalue weighted by atomic mass is 79.9. The summed E-state index contributed by atoms with van der Waals surface area (Å²) in [6.45, 7) is 1.58. The third-order valence-electron chi connectivity index (χ3n) is 2.53. The Bertz CT molecular complexity index is 648. The quantitative estimate of drug-likeness (QED) is 0.924. The lowest BCUT2D eigenvalue weighted by molar-refractivity contribution is 0.0695. The Kier molecular flexibility index (Phi) is 4.21. The third kappa shape index (κ3) is 3.33. The summed E-state index contributed by atoms with van der Waals surface area (Å²) in [5.74, 6) is -0.146. The van der Waals surface area contributed by atoms with Crippen molar-refractivity contribution >= 4 is 32.7 Å². The van der Waals surface area contributed by atoms with Gasteiger partial charge in [0.2, 0.25) is 0 Å². The molecule has 0 fully saturated rings. The lowest BCUT2D eigenvalue weighted by atomic mass is 10.2. The molecule has 100 valence electrons. The Morgan fingerprint density at radius 3 is 2.74 bits per heavy atom. The number of aromatic carboxylic acids is 1. The smallest absolute Gasteiger partial charge is 0.339 e. The first-order valence-electron chi connectivity index (χ1n) is 5.44. The van der Waals surface area contributed by atoms with Crippen LogP contribution in [0.5, 0.6) is 0 Å². The highest BCUT2D eigenvalue weighted by Gasteiger charge is 2.16. The second-order valence-corrected chi connectivity index (χ2v) is 6.30. The van der Waals surface area contributed by atoms with Crippen LogP contribution in [0.25, 0.3) is 0 Å². The van der Waals surface area contributed by atoms with E-state index in [4.69, 9.17) is 9.52 Å². The Morgan fingerprint density at radius 1 is 1.42 bits per heavy atom. The van der Waals surface area contributed by atoms with Crippen LogP contribution in [0.2, 0.25) is 0 Å². The topological polar surface area (TPSA) is 67.5 Å². The van der Waals surface area contributed by atoms with E-state index in [1.165, 1.54) is 6.07 Å². The minimum Gasteiger partial charge on any atom is -0.478 e. The Balaban J connectivity index is 2.20. The van der Waals surface area contributed by atoms with Crippen LogP contribution in [0, 0.1) is 6.92 Å². The first-order valence-corrected chi connectivity index (χ1v) is 7.55. The Hall–Kier alpha value is -1.40. The number of furan rings is 1. The van der Waals surface area contributed by atoms with Gasteiger partial charge in [-0.3, -0.25) is 4.21 Å². The summed E-state index contributed by atoms with van der Waals surface area (Å²) in [5.41, 5.74) is 0.112.